The van der Waals surface area contributed by atoms with E-state index >= 15 is 0 Å². The van der Waals surface area contributed by atoms with Crippen molar-refractivity contribution < 1.29 is 0 Å². The van der Waals surface area contributed by atoms with E-state index in [1.807, 2.05) is 31.4 Å². The lowest BCUT2D eigenvalue weighted by Crippen LogP contribution is -2.25. The summed E-state index contributed by atoms with van der Waals surface area (Å²) in [4.78, 5) is 15.1. The van der Waals surface area contributed by atoms with E-state index in [4.69, 9.17) is 5.84 Å². The second kappa shape index (κ2) is 6.99. The van der Waals surface area contributed by atoms with Crippen LogP contribution in [0.15, 0.2) is 30.7 Å². The Morgan fingerprint density at radius 2 is 2.05 bits per heavy atom. The minimum Gasteiger partial charge on any atom is -0.359 e. The second-order valence-corrected chi connectivity index (χ2v) is 5.25. The summed E-state index contributed by atoms with van der Waals surface area (Å²) in [7, 11) is 2.03. The fourth-order valence-corrected chi connectivity index (χ4v) is 2.27. The smallest absolute Gasteiger partial charge is 0.148 e. The molecule has 0 bridgehead atoms. The van der Waals surface area contributed by atoms with Crippen LogP contribution in [-0.2, 0) is 6.42 Å². The number of nitrogen functional groups attached to an aromatic ring is 1. The average molecular weight is 286 g/mol. The van der Waals surface area contributed by atoms with E-state index < -0.39 is 0 Å². The number of aromatic nitrogens is 3. The van der Waals surface area contributed by atoms with Crippen LogP contribution in [0.5, 0.6) is 0 Å². The number of pyridine rings is 1. The lowest BCUT2D eigenvalue weighted by Gasteiger charge is -2.23. The standard InChI is InChI=1S/C15H22N6/c1-11(2)13-14(20-16)18-10-19-15(13)21(3)9-7-12-6-4-5-8-17-12/h4-6,8,10-11H,7,9,16H2,1-3H3,(H,18,19,20). The monoisotopic (exact) mass is 286 g/mol. The van der Waals surface area contributed by atoms with Crippen LogP contribution in [0.25, 0.3) is 0 Å². The third-order valence-corrected chi connectivity index (χ3v) is 3.37. The number of likely N-dealkylation sites (N-methyl/N-ethyl adjacent to an activating group) is 1. The molecule has 6 nitrogen and oxygen atoms in total. The van der Waals surface area contributed by atoms with Crippen LogP contribution in [0.4, 0.5) is 11.6 Å². The molecule has 0 atom stereocenters. The SMILES string of the molecule is CC(C)c1c(NN)ncnc1N(C)CCc1ccccn1. The van der Waals surface area contributed by atoms with Gasteiger partial charge in [-0.15, -0.1) is 0 Å². The molecule has 0 amide bonds. The molecule has 2 aromatic rings. The van der Waals surface area contributed by atoms with Crippen molar-refractivity contribution >= 4 is 11.6 Å². The van der Waals surface area contributed by atoms with Crippen LogP contribution in [0.3, 0.4) is 0 Å². The number of nitrogens with one attached hydrogen (secondary N) is 1. The third-order valence-electron chi connectivity index (χ3n) is 3.37. The van der Waals surface area contributed by atoms with Gasteiger partial charge in [0.2, 0.25) is 0 Å². The number of hydrogen-bond donors (Lipinski definition) is 2. The molecule has 0 fully saturated rings. The number of nitrogens with two attached hydrogens (primary N) is 1. The lowest BCUT2D eigenvalue weighted by molar-refractivity contribution is 0.793. The molecule has 21 heavy (non-hydrogen) atoms. The van der Waals surface area contributed by atoms with E-state index in [0.717, 1.165) is 30.0 Å². The molecular formula is C15H22N6. The molecule has 0 unspecified atom stereocenters. The maximum Gasteiger partial charge on any atom is 0.148 e. The summed E-state index contributed by atoms with van der Waals surface area (Å²) >= 11 is 0. The molecule has 0 aliphatic carbocycles. The van der Waals surface area contributed by atoms with Gasteiger partial charge in [-0.2, -0.15) is 0 Å². The molecule has 0 saturated heterocycles. The first-order valence-electron chi connectivity index (χ1n) is 7.06. The van der Waals surface area contributed by atoms with Crippen molar-refractivity contribution in [3.63, 3.8) is 0 Å². The quantitative estimate of drug-likeness (QED) is 0.624. The van der Waals surface area contributed by atoms with Crippen molar-refractivity contribution in [3.8, 4) is 0 Å². The molecule has 2 aromatic heterocycles. The highest BCUT2D eigenvalue weighted by atomic mass is 15.3. The number of hydrazine groups is 1. The Hall–Kier alpha value is -2.21. The van der Waals surface area contributed by atoms with Gasteiger partial charge in [0, 0.05) is 37.5 Å². The van der Waals surface area contributed by atoms with Gasteiger partial charge in [-0.3, -0.25) is 4.98 Å². The normalized spacial score (nSPS) is 10.7. The molecule has 2 heterocycles. The molecular weight excluding hydrogens is 264 g/mol. The van der Waals surface area contributed by atoms with E-state index in [2.05, 4.69) is 39.1 Å². The van der Waals surface area contributed by atoms with Gasteiger partial charge in [0.05, 0.1) is 0 Å². The topological polar surface area (TPSA) is 80.0 Å². The largest absolute Gasteiger partial charge is 0.359 e. The van der Waals surface area contributed by atoms with Crippen molar-refractivity contribution in [2.24, 2.45) is 5.84 Å². The van der Waals surface area contributed by atoms with Gasteiger partial charge in [0.1, 0.15) is 18.0 Å². The van der Waals surface area contributed by atoms with Crippen LogP contribution in [0.1, 0.15) is 31.0 Å². The Balaban J connectivity index is 2.17. The maximum atomic E-state index is 5.55. The van der Waals surface area contributed by atoms with E-state index in [0.29, 0.717) is 5.82 Å². The van der Waals surface area contributed by atoms with E-state index in [1.54, 1.807) is 0 Å². The average Bonchev–Trinajstić information content (AvgIpc) is 2.52. The molecule has 0 radical (unpaired) electrons. The summed E-state index contributed by atoms with van der Waals surface area (Å²) in [6.45, 7) is 5.04. The summed E-state index contributed by atoms with van der Waals surface area (Å²) < 4.78 is 0. The Morgan fingerprint density at radius 3 is 2.67 bits per heavy atom. The first-order valence-corrected chi connectivity index (χ1v) is 7.06. The van der Waals surface area contributed by atoms with Gasteiger partial charge in [-0.05, 0) is 18.1 Å². The molecule has 6 heteroatoms. The number of anilines is 2. The van der Waals surface area contributed by atoms with Crippen LogP contribution < -0.4 is 16.2 Å². The predicted molar refractivity (Wildman–Crippen MR) is 85.1 cm³/mol. The number of nitrogens with zero attached hydrogens (tertiary/aromatic N) is 4. The van der Waals surface area contributed by atoms with Crippen LogP contribution in [0.2, 0.25) is 0 Å². The predicted octanol–water partition coefficient (Wildman–Crippen LogP) is 1.96. The highest BCUT2D eigenvalue weighted by Crippen LogP contribution is 2.29. The van der Waals surface area contributed by atoms with Crippen molar-refractivity contribution in [3.05, 3.63) is 42.0 Å². The Morgan fingerprint density at radius 1 is 1.24 bits per heavy atom. The molecule has 0 aromatic carbocycles. The van der Waals surface area contributed by atoms with Crippen LogP contribution in [-0.4, -0.2) is 28.5 Å². The lowest BCUT2D eigenvalue weighted by atomic mass is 10.0. The minimum atomic E-state index is 0.282. The molecule has 0 saturated carbocycles. The fourth-order valence-electron chi connectivity index (χ4n) is 2.27. The van der Waals surface area contributed by atoms with Gasteiger partial charge < -0.3 is 10.3 Å². The van der Waals surface area contributed by atoms with Crippen molar-refractivity contribution in [1.82, 2.24) is 15.0 Å². The molecule has 0 aliphatic heterocycles. The Bertz CT molecular complexity index is 570. The van der Waals surface area contributed by atoms with E-state index in [9.17, 15) is 0 Å². The summed E-state index contributed by atoms with van der Waals surface area (Å²) in [5, 5.41) is 0. The summed E-state index contributed by atoms with van der Waals surface area (Å²) in [6, 6.07) is 5.96. The van der Waals surface area contributed by atoms with Crippen LogP contribution >= 0.6 is 0 Å². The zero-order valence-corrected chi connectivity index (χ0v) is 12.7. The zero-order valence-electron chi connectivity index (χ0n) is 12.7. The summed E-state index contributed by atoms with van der Waals surface area (Å²) in [5.41, 5.74) is 4.76. The molecule has 2 rings (SSSR count). The summed E-state index contributed by atoms with van der Waals surface area (Å²) in [5.74, 6) is 7.42. The van der Waals surface area contributed by atoms with Gasteiger partial charge in [-0.1, -0.05) is 19.9 Å². The van der Waals surface area contributed by atoms with Crippen molar-refractivity contribution in [1.29, 1.82) is 0 Å². The Labute approximate surface area is 125 Å². The Kier molecular flexibility index (Phi) is 5.05. The van der Waals surface area contributed by atoms with E-state index in [-0.39, 0.29) is 5.92 Å². The van der Waals surface area contributed by atoms with E-state index in [1.165, 1.54) is 6.33 Å². The fraction of sp³-hybridized carbons (Fsp3) is 0.400. The number of hydrogen-bond acceptors (Lipinski definition) is 6. The zero-order chi connectivity index (χ0) is 15.2. The first-order chi connectivity index (χ1) is 10.1. The maximum absolute atomic E-state index is 5.55. The number of rotatable bonds is 6. The highest BCUT2D eigenvalue weighted by molar-refractivity contribution is 5.59. The molecule has 3 N–H and O–H groups in total. The van der Waals surface area contributed by atoms with Gasteiger partial charge in [0.15, 0.2) is 0 Å². The molecule has 0 aliphatic rings. The third kappa shape index (κ3) is 3.66. The molecule has 112 valence electrons. The highest BCUT2D eigenvalue weighted by Gasteiger charge is 2.17. The minimum absolute atomic E-state index is 0.282. The van der Waals surface area contributed by atoms with Crippen LogP contribution in [0, 0.1) is 0 Å². The molecule has 0 spiro atoms. The van der Waals surface area contributed by atoms with Gasteiger partial charge in [-0.25, -0.2) is 15.8 Å². The van der Waals surface area contributed by atoms with Gasteiger partial charge in [0.25, 0.3) is 0 Å². The van der Waals surface area contributed by atoms with Gasteiger partial charge >= 0.3 is 0 Å². The van der Waals surface area contributed by atoms with Crippen molar-refractivity contribution in [2.75, 3.05) is 23.9 Å². The second-order valence-electron chi connectivity index (χ2n) is 5.25. The summed E-state index contributed by atoms with van der Waals surface area (Å²) in [6.07, 6.45) is 4.22. The first kappa shape index (κ1) is 15.2. The van der Waals surface area contributed by atoms with Crippen molar-refractivity contribution in [2.45, 2.75) is 26.2 Å².